The van der Waals surface area contributed by atoms with Gasteiger partial charge < -0.3 is 4.90 Å². The van der Waals surface area contributed by atoms with Crippen molar-refractivity contribution in [3.05, 3.63) is 34.9 Å². The molecule has 0 unspecified atom stereocenters. The maximum Gasteiger partial charge on any atom is 0.236 e. The molecular formula is C13H15ClN2O2. The first-order chi connectivity index (χ1) is 8.56. The average Bonchev–Trinajstić information content (AvgIpc) is 2.34. The molecule has 4 nitrogen and oxygen atoms in total. The Balaban J connectivity index is 1.98. The van der Waals surface area contributed by atoms with Gasteiger partial charge in [0.2, 0.25) is 5.91 Å². The molecule has 1 fully saturated rings. The summed E-state index contributed by atoms with van der Waals surface area (Å²) in [7, 11) is 1.78. The molecule has 1 aromatic rings. The highest BCUT2D eigenvalue weighted by molar-refractivity contribution is 6.31. The molecule has 0 saturated carbocycles. The number of hydrogen-bond acceptors (Lipinski definition) is 3. The molecule has 0 aliphatic carbocycles. The number of ketones is 1. The lowest BCUT2D eigenvalue weighted by Crippen LogP contribution is -2.49. The number of rotatable bonds is 3. The molecule has 0 atom stereocenters. The van der Waals surface area contributed by atoms with Crippen molar-refractivity contribution in [2.24, 2.45) is 0 Å². The highest BCUT2D eigenvalue weighted by Crippen LogP contribution is 2.12. The minimum absolute atomic E-state index is 0.00477. The molecule has 0 spiro atoms. The lowest BCUT2D eigenvalue weighted by atomic mass is 10.1. The van der Waals surface area contributed by atoms with Gasteiger partial charge in [0.25, 0.3) is 0 Å². The minimum atomic E-state index is -0.00477. The van der Waals surface area contributed by atoms with Crippen LogP contribution in [0.15, 0.2) is 24.3 Å². The number of benzene rings is 1. The van der Waals surface area contributed by atoms with Crippen LogP contribution < -0.4 is 0 Å². The zero-order valence-corrected chi connectivity index (χ0v) is 11.0. The van der Waals surface area contributed by atoms with Crippen LogP contribution in [0.5, 0.6) is 0 Å². The Kier molecular flexibility index (Phi) is 3.99. The van der Waals surface area contributed by atoms with E-state index >= 15 is 0 Å². The number of nitrogens with zero attached hydrogens (tertiary/aromatic N) is 2. The second-order valence-corrected chi connectivity index (χ2v) is 4.90. The number of Topliss-reactive ketones (excluding diaryl/α,β-unsaturated/α-hetero) is 1. The van der Waals surface area contributed by atoms with E-state index in [4.69, 9.17) is 11.6 Å². The highest BCUT2D eigenvalue weighted by atomic mass is 35.5. The van der Waals surface area contributed by atoms with E-state index < -0.39 is 0 Å². The first-order valence-electron chi connectivity index (χ1n) is 5.81. The molecule has 18 heavy (non-hydrogen) atoms. The Morgan fingerprint density at radius 3 is 2.83 bits per heavy atom. The Labute approximate surface area is 111 Å². The topological polar surface area (TPSA) is 40.6 Å². The molecule has 1 amide bonds. The fourth-order valence-electron chi connectivity index (χ4n) is 1.90. The van der Waals surface area contributed by atoms with Crippen LogP contribution in [0.2, 0.25) is 5.02 Å². The summed E-state index contributed by atoms with van der Waals surface area (Å²) in [5, 5.41) is 0.551. The molecule has 1 aliphatic heterocycles. The normalized spacial score (nSPS) is 17.0. The number of amides is 1. The van der Waals surface area contributed by atoms with Crippen molar-refractivity contribution in [3.8, 4) is 0 Å². The van der Waals surface area contributed by atoms with Crippen molar-refractivity contribution in [1.29, 1.82) is 0 Å². The first kappa shape index (κ1) is 13.1. The van der Waals surface area contributed by atoms with Gasteiger partial charge in [-0.1, -0.05) is 23.7 Å². The standard InChI is InChI=1S/C13H15ClN2O2/c1-15-5-6-16(9-13(15)18)8-12(17)10-3-2-4-11(14)7-10/h2-4,7H,5-6,8-9H2,1H3. The zero-order chi connectivity index (χ0) is 13.1. The molecule has 1 saturated heterocycles. The molecule has 0 bridgehead atoms. The van der Waals surface area contributed by atoms with Gasteiger partial charge in [-0.05, 0) is 12.1 Å². The summed E-state index contributed by atoms with van der Waals surface area (Å²) in [4.78, 5) is 27.1. The van der Waals surface area contributed by atoms with Gasteiger partial charge in [-0.15, -0.1) is 0 Å². The number of halogens is 1. The summed E-state index contributed by atoms with van der Waals surface area (Å²) in [6.45, 7) is 1.97. The third-order valence-electron chi connectivity index (χ3n) is 3.05. The number of piperazine rings is 1. The van der Waals surface area contributed by atoms with Crippen LogP contribution in [0.3, 0.4) is 0 Å². The average molecular weight is 267 g/mol. The lowest BCUT2D eigenvalue weighted by molar-refractivity contribution is -0.134. The molecule has 1 heterocycles. The molecule has 96 valence electrons. The molecule has 2 rings (SSSR count). The molecule has 1 aliphatic rings. The molecule has 0 N–H and O–H groups in total. The van der Waals surface area contributed by atoms with Crippen molar-refractivity contribution in [1.82, 2.24) is 9.80 Å². The second kappa shape index (κ2) is 5.50. The predicted octanol–water partition coefficient (Wildman–Crippen LogP) is 1.30. The summed E-state index contributed by atoms with van der Waals surface area (Å²) < 4.78 is 0. The maximum atomic E-state index is 12.0. The third kappa shape index (κ3) is 3.09. The second-order valence-electron chi connectivity index (χ2n) is 4.46. The van der Waals surface area contributed by atoms with Gasteiger partial charge in [-0.3, -0.25) is 14.5 Å². The summed E-state index contributed by atoms with van der Waals surface area (Å²) in [5.41, 5.74) is 0.592. The van der Waals surface area contributed by atoms with E-state index in [9.17, 15) is 9.59 Å². The van der Waals surface area contributed by atoms with Crippen molar-refractivity contribution in [2.75, 3.05) is 33.2 Å². The SMILES string of the molecule is CN1CCN(CC(=O)c2cccc(Cl)c2)CC1=O. The van der Waals surface area contributed by atoms with Crippen LogP contribution >= 0.6 is 11.6 Å². The van der Waals surface area contributed by atoms with Crippen LogP contribution in [0.4, 0.5) is 0 Å². The highest BCUT2D eigenvalue weighted by Gasteiger charge is 2.22. The largest absolute Gasteiger partial charge is 0.343 e. The zero-order valence-electron chi connectivity index (χ0n) is 10.2. The lowest BCUT2D eigenvalue weighted by Gasteiger charge is -2.31. The number of carbonyl (C=O) groups excluding carboxylic acids is 2. The summed E-state index contributed by atoms with van der Waals surface area (Å²) >= 11 is 5.85. The Bertz CT molecular complexity index is 476. The van der Waals surface area contributed by atoms with Crippen molar-refractivity contribution >= 4 is 23.3 Å². The Morgan fingerprint density at radius 1 is 1.39 bits per heavy atom. The van der Waals surface area contributed by atoms with E-state index in [1.165, 1.54) is 0 Å². The Morgan fingerprint density at radius 2 is 2.17 bits per heavy atom. The first-order valence-corrected chi connectivity index (χ1v) is 6.19. The van der Waals surface area contributed by atoms with E-state index in [-0.39, 0.29) is 18.2 Å². The monoisotopic (exact) mass is 266 g/mol. The molecule has 0 radical (unpaired) electrons. The van der Waals surface area contributed by atoms with Gasteiger partial charge in [0.05, 0.1) is 13.1 Å². The fraction of sp³-hybridized carbons (Fsp3) is 0.385. The number of likely N-dealkylation sites (N-methyl/N-ethyl adjacent to an activating group) is 1. The smallest absolute Gasteiger partial charge is 0.236 e. The van der Waals surface area contributed by atoms with Gasteiger partial charge >= 0.3 is 0 Å². The van der Waals surface area contributed by atoms with E-state index in [2.05, 4.69) is 0 Å². The van der Waals surface area contributed by atoms with E-state index in [1.54, 1.807) is 36.2 Å². The van der Waals surface area contributed by atoms with Gasteiger partial charge in [-0.2, -0.15) is 0 Å². The van der Waals surface area contributed by atoms with Gasteiger partial charge in [0.15, 0.2) is 5.78 Å². The summed E-state index contributed by atoms with van der Waals surface area (Å²) in [6, 6.07) is 6.89. The third-order valence-corrected chi connectivity index (χ3v) is 3.29. The van der Waals surface area contributed by atoms with Gasteiger partial charge in [0, 0.05) is 30.7 Å². The molecule has 0 aromatic heterocycles. The Hall–Kier alpha value is -1.39. The van der Waals surface area contributed by atoms with Crippen LogP contribution in [-0.2, 0) is 4.79 Å². The van der Waals surface area contributed by atoms with Crippen LogP contribution in [0.25, 0.3) is 0 Å². The summed E-state index contributed by atoms with van der Waals surface area (Å²) in [5.74, 6) is 0.0509. The van der Waals surface area contributed by atoms with Crippen LogP contribution in [-0.4, -0.2) is 54.7 Å². The predicted molar refractivity (Wildman–Crippen MR) is 69.9 cm³/mol. The van der Waals surface area contributed by atoms with Gasteiger partial charge in [0.1, 0.15) is 0 Å². The quantitative estimate of drug-likeness (QED) is 0.775. The maximum absolute atomic E-state index is 12.0. The van der Waals surface area contributed by atoms with Crippen molar-refractivity contribution < 1.29 is 9.59 Å². The summed E-state index contributed by atoms with van der Waals surface area (Å²) in [6.07, 6.45) is 0. The van der Waals surface area contributed by atoms with Crippen molar-refractivity contribution in [2.45, 2.75) is 0 Å². The van der Waals surface area contributed by atoms with Crippen LogP contribution in [0, 0.1) is 0 Å². The molecule has 5 heteroatoms. The molecular weight excluding hydrogens is 252 g/mol. The van der Waals surface area contributed by atoms with E-state index in [0.29, 0.717) is 23.7 Å². The van der Waals surface area contributed by atoms with E-state index in [0.717, 1.165) is 6.54 Å². The van der Waals surface area contributed by atoms with Crippen molar-refractivity contribution in [3.63, 3.8) is 0 Å². The van der Waals surface area contributed by atoms with Crippen LogP contribution in [0.1, 0.15) is 10.4 Å². The van der Waals surface area contributed by atoms with Gasteiger partial charge in [-0.25, -0.2) is 0 Å². The number of carbonyl (C=O) groups is 2. The fourth-order valence-corrected chi connectivity index (χ4v) is 2.09. The number of hydrogen-bond donors (Lipinski definition) is 0. The molecule has 1 aromatic carbocycles. The minimum Gasteiger partial charge on any atom is -0.343 e. The van der Waals surface area contributed by atoms with E-state index in [1.807, 2.05) is 4.90 Å².